The van der Waals surface area contributed by atoms with Gasteiger partial charge in [0.2, 0.25) is 0 Å². The Morgan fingerprint density at radius 2 is 2.00 bits per heavy atom. The standard InChI is InChI=1S/C10H15NO2S/c1-14(13,11-8-5-9-12)10-6-3-2-4-7-10/h2-4,6-7,12H,5,8-9H2,1H3. The lowest BCUT2D eigenvalue weighted by atomic mass is 10.4. The molecular weight excluding hydrogens is 198 g/mol. The Labute approximate surface area is 85.0 Å². The molecule has 1 atom stereocenters. The lowest BCUT2D eigenvalue weighted by Crippen LogP contribution is -1.99. The zero-order valence-electron chi connectivity index (χ0n) is 8.22. The summed E-state index contributed by atoms with van der Waals surface area (Å²) in [5.41, 5.74) is 0. The Morgan fingerprint density at radius 3 is 2.57 bits per heavy atom. The Bertz CT molecular complexity index is 380. The molecule has 1 unspecified atom stereocenters. The number of rotatable bonds is 4. The molecule has 1 aromatic rings. The largest absolute Gasteiger partial charge is 0.396 e. The van der Waals surface area contributed by atoms with Crippen molar-refractivity contribution in [2.75, 3.05) is 19.4 Å². The van der Waals surface area contributed by atoms with Gasteiger partial charge in [0.25, 0.3) is 0 Å². The minimum Gasteiger partial charge on any atom is -0.396 e. The van der Waals surface area contributed by atoms with E-state index < -0.39 is 9.73 Å². The number of aliphatic hydroxyl groups is 1. The molecule has 4 heteroatoms. The van der Waals surface area contributed by atoms with E-state index in [1.807, 2.05) is 30.3 Å². The van der Waals surface area contributed by atoms with Gasteiger partial charge in [0.05, 0.1) is 16.3 Å². The van der Waals surface area contributed by atoms with E-state index in [1.54, 1.807) is 6.26 Å². The summed E-state index contributed by atoms with van der Waals surface area (Å²) in [7, 11) is -2.27. The van der Waals surface area contributed by atoms with Gasteiger partial charge in [-0.25, -0.2) is 8.57 Å². The highest BCUT2D eigenvalue weighted by atomic mass is 32.2. The number of hydrogen-bond donors (Lipinski definition) is 1. The topological polar surface area (TPSA) is 49.7 Å². The molecule has 1 N–H and O–H groups in total. The zero-order chi connectivity index (χ0) is 10.4. The number of benzene rings is 1. The summed E-state index contributed by atoms with van der Waals surface area (Å²) in [5, 5.41) is 8.58. The summed E-state index contributed by atoms with van der Waals surface area (Å²) in [6, 6.07) is 9.20. The SMILES string of the molecule is CS(=O)(=NCCCO)c1ccccc1. The third-order valence-electron chi connectivity index (χ3n) is 1.83. The molecule has 0 saturated heterocycles. The predicted molar refractivity (Wildman–Crippen MR) is 57.8 cm³/mol. The van der Waals surface area contributed by atoms with Gasteiger partial charge >= 0.3 is 0 Å². The molecule has 0 bridgehead atoms. The highest BCUT2D eigenvalue weighted by Gasteiger charge is 2.03. The van der Waals surface area contributed by atoms with Crippen LogP contribution in [0.3, 0.4) is 0 Å². The second-order valence-corrected chi connectivity index (χ2v) is 5.38. The van der Waals surface area contributed by atoms with Crippen molar-refractivity contribution in [3.63, 3.8) is 0 Å². The van der Waals surface area contributed by atoms with Gasteiger partial charge in [-0.2, -0.15) is 0 Å². The maximum atomic E-state index is 12.0. The Morgan fingerprint density at radius 1 is 1.36 bits per heavy atom. The Kier molecular flexibility index (Phi) is 4.10. The van der Waals surface area contributed by atoms with Crippen LogP contribution in [0.1, 0.15) is 6.42 Å². The van der Waals surface area contributed by atoms with Crippen LogP contribution in [0.4, 0.5) is 0 Å². The van der Waals surface area contributed by atoms with Crippen molar-refractivity contribution in [3.05, 3.63) is 30.3 Å². The van der Waals surface area contributed by atoms with Gasteiger partial charge in [-0.05, 0) is 18.6 Å². The van der Waals surface area contributed by atoms with Crippen molar-refractivity contribution in [1.29, 1.82) is 0 Å². The molecule has 78 valence electrons. The van der Waals surface area contributed by atoms with Crippen LogP contribution < -0.4 is 0 Å². The predicted octanol–water partition coefficient (Wildman–Crippen LogP) is 1.53. The first-order valence-corrected chi connectivity index (χ1v) is 6.43. The molecule has 0 aromatic heterocycles. The normalized spacial score (nSPS) is 14.7. The van der Waals surface area contributed by atoms with Crippen LogP contribution in [0.15, 0.2) is 39.6 Å². The quantitative estimate of drug-likeness (QED) is 0.771. The minimum absolute atomic E-state index is 0.0911. The van der Waals surface area contributed by atoms with Gasteiger partial charge in [0.15, 0.2) is 0 Å². The first-order chi connectivity index (χ1) is 6.67. The van der Waals surface area contributed by atoms with Crippen LogP contribution in [-0.4, -0.2) is 28.7 Å². The van der Waals surface area contributed by atoms with Gasteiger partial charge in [-0.3, -0.25) is 0 Å². The van der Waals surface area contributed by atoms with Crippen LogP contribution in [-0.2, 0) is 9.73 Å². The van der Waals surface area contributed by atoms with Crippen LogP contribution in [0.25, 0.3) is 0 Å². The van der Waals surface area contributed by atoms with Gasteiger partial charge in [0, 0.05) is 17.8 Å². The van der Waals surface area contributed by atoms with Crippen molar-refractivity contribution in [1.82, 2.24) is 0 Å². The Hall–Kier alpha value is -0.870. The molecule has 1 rings (SSSR count). The van der Waals surface area contributed by atoms with Crippen LogP contribution >= 0.6 is 0 Å². The molecule has 0 aliphatic carbocycles. The first kappa shape index (κ1) is 11.2. The molecule has 0 aliphatic heterocycles. The van der Waals surface area contributed by atoms with Crippen LogP contribution in [0.5, 0.6) is 0 Å². The summed E-state index contributed by atoms with van der Waals surface area (Å²) < 4.78 is 16.1. The fourth-order valence-corrected chi connectivity index (χ4v) is 2.35. The number of nitrogens with zero attached hydrogens (tertiary/aromatic N) is 1. The van der Waals surface area contributed by atoms with Crippen molar-refractivity contribution in [2.45, 2.75) is 11.3 Å². The summed E-state index contributed by atoms with van der Waals surface area (Å²) >= 11 is 0. The average molecular weight is 213 g/mol. The number of aliphatic hydroxyl groups excluding tert-OH is 1. The maximum Gasteiger partial charge on any atom is 0.0723 e. The third-order valence-corrected chi connectivity index (χ3v) is 3.66. The fourth-order valence-electron chi connectivity index (χ4n) is 1.06. The molecule has 0 spiro atoms. The smallest absolute Gasteiger partial charge is 0.0723 e. The maximum absolute atomic E-state index is 12.0. The fraction of sp³-hybridized carbons (Fsp3) is 0.400. The van der Waals surface area contributed by atoms with E-state index in [-0.39, 0.29) is 6.61 Å². The third kappa shape index (κ3) is 3.12. The van der Waals surface area contributed by atoms with Crippen molar-refractivity contribution in [3.8, 4) is 0 Å². The van der Waals surface area contributed by atoms with Crippen molar-refractivity contribution in [2.24, 2.45) is 4.36 Å². The summed E-state index contributed by atoms with van der Waals surface area (Å²) in [5.74, 6) is 0. The second kappa shape index (κ2) is 5.12. The Balaban J connectivity index is 2.86. The van der Waals surface area contributed by atoms with Gasteiger partial charge < -0.3 is 5.11 Å². The summed E-state index contributed by atoms with van der Waals surface area (Å²) in [4.78, 5) is 0.748. The van der Waals surface area contributed by atoms with E-state index in [0.29, 0.717) is 13.0 Å². The minimum atomic E-state index is -2.27. The van der Waals surface area contributed by atoms with Gasteiger partial charge in [-0.1, -0.05) is 18.2 Å². The number of hydrogen-bond acceptors (Lipinski definition) is 3. The zero-order valence-corrected chi connectivity index (χ0v) is 9.04. The molecule has 0 heterocycles. The highest BCUT2D eigenvalue weighted by molar-refractivity contribution is 7.93. The monoisotopic (exact) mass is 213 g/mol. The van der Waals surface area contributed by atoms with Gasteiger partial charge in [0.1, 0.15) is 0 Å². The first-order valence-electron chi connectivity index (χ1n) is 4.50. The van der Waals surface area contributed by atoms with Gasteiger partial charge in [-0.15, -0.1) is 0 Å². The van der Waals surface area contributed by atoms with E-state index in [1.165, 1.54) is 0 Å². The van der Waals surface area contributed by atoms with Crippen LogP contribution in [0, 0.1) is 0 Å². The summed E-state index contributed by atoms with van der Waals surface area (Å²) in [6.07, 6.45) is 2.19. The second-order valence-electron chi connectivity index (χ2n) is 3.05. The average Bonchev–Trinajstić information content (AvgIpc) is 2.19. The van der Waals surface area contributed by atoms with E-state index in [0.717, 1.165) is 4.90 Å². The lowest BCUT2D eigenvalue weighted by Gasteiger charge is -2.03. The van der Waals surface area contributed by atoms with Crippen LogP contribution in [0.2, 0.25) is 0 Å². The molecule has 3 nitrogen and oxygen atoms in total. The molecule has 1 aromatic carbocycles. The molecule has 0 aliphatic rings. The van der Waals surface area contributed by atoms with E-state index in [4.69, 9.17) is 5.11 Å². The lowest BCUT2D eigenvalue weighted by molar-refractivity contribution is 0.291. The summed E-state index contributed by atoms with van der Waals surface area (Å²) in [6.45, 7) is 0.536. The molecular formula is C10H15NO2S. The molecule has 14 heavy (non-hydrogen) atoms. The molecule has 0 fully saturated rings. The van der Waals surface area contributed by atoms with E-state index in [2.05, 4.69) is 4.36 Å². The van der Waals surface area contributed by atoms with E-state index in [9.17, 15) is 4.21 Å². The molecule has 0 amide bonds. The van der Waals surface area contributed by atoms with Crippen molar-refractivity contribution >= 4 is 9.73 Å². The molecule has 0 radical (unpaired) electrons. The molecule has 0 saturated carbocycles. The van der Waals surface area contributed by atoms with E-state index >= 15 is 0 Å². The van der Waals surface area contributed by atoms with Crippen molar-refractivity contribution < 1.29 is 9.32 Å². The highest BCUT2D eigenvalue weighted by Crippen LogP contribution is 2.10.